The lowest BCUT2D eigenvalue weighted by atomic mass is 10.1. The molecule has 0 saturated heterocycles. The fraction of sp³-hybridized carbons (Fsp3) is 0.333. The van der Waals surface area contributed by atoms with Gasteiger partial charge in [0.05, 0.1) is 5.56 Å². The number of aromatic nitrogens is 3. The van der Waals surface area contributed by atoms with E-state index in [1.54, 1.807) is 12.3 Å². The third kappa shape index (κ3) is 4.19. The van der Waals surface area contributed by atoms with Crippen LogP contribution in [0.3, 0.4) is 0 Å². The van der Waals surface area contributed by atoms with E-state index in [2.05, 4.69) is 15.5 Å². The molecule has 3 aromatic rings. The molecule has 0 saturated carbocycles. The molecule has 0 fully saturated rings. The summed E-state index contributed by atoms with van der Waals surface area (Å²) >= 11 is 0. The topological polar surface area (TPSA) is 90.0 Å². The second-order valence-corrected chi connectivity index (χ2v) is 7.32. The van der Waals surface area contributed by atoms with Gasteiger partial charge in [0.1, 0.15) is 6.54 Å². The largest absolute Gasteiger partial charge is 0.334 e. The molecule has 1 N–H and O–H groups in total. The van der Waals surface area contributed by atoms with Gasteiger partial charge < -0.3 is 14.4 Å². The molecule has 7 heteroatoms. The van der Waals surface area contributed by atoms with E-state index in [9.17, 15) is 9.59 Å². The molecule has 146 valence electrons. The van der Waals surface area contributed by atoms with Crippen LogP contribution < -0.4 is 10.9 Å². The van der Waals surface area contributed by atoms with Crippen molar-refractivity contribution in [1.29, 1.82) is 0 Å². The summed E-state index contributed by atoms with van der Waals surface area (Å²) in [5.74, 6) is 0.775. The van der Waals surface area contributed by atoms with Gasteiger partial charge in [0.2, 0.25) is 5.91 Å². The van der Waals surface area contributed by atoms with Crippen molar-refractivity contribution in [2.75, 3.05) is 5.32 Å². The number of amides is 1. The minimum absolute atomic E-state index is 0.107. The van der Waals surface area contributed by atoms with E-state index < -0.39 is 0 Å². The number of hydrogen-bond acceptors (Lipinski definition) is 5. The van der Waals surface area contributed by atoms with Crippen LogP contribution in [0.15, 0.2) is 39.8 Å². The molecule has 0 aliphatic rings. The third-order valence-corrected chi connectivity index (χ3v) is 4.44. The number of nitrogens with one attached hydrogen (secondary N) is 1. The number of carbonyl (C=O) groups is 1. The van der Waals surface area contributed by atoms with Crippen LogP contribution in [0, 0.1) is 20.8 Å². The van der Waals surface area contributed by atoms with Crippen LogP contribution in [0.2, 0.25) is 0 Å². The van der Waals surface area contributed by atoms with E-state index in [1.807, 2.05) is 46.8 Å². The Labute approximate surface area is 163 Å². The van der Waals surface area contributed by atoms with Crippen molar-refractivity contribution in [1.82, 2.24) is 14.7 Å². The molecule has 2 aromatic heterocycles. The summed E-state index contributed by atoms with van der Waals surface area (Å²) in [6.07, 6.45) is 1.56. The number of pyridine rings is 1. The minimum Gasteiger partial charge on any atom is -0.334 e. The Morgan fingerprint density at radius 2 is 1.86 bits per heavy atom. The molecule has 0 radical (unpaired) electrons. The number of rotatable bonds is 5. The number of aryl methyl sites for hydroxylation is 3. The molecule has 1 aromatic carbocycles. The van der Waals surface area contributed by atoms with Gasteiger partial charge in [-0.2, -0.15) is 4.98 Å². The molecule has 28 heavy (non-hydrogen) atoms. The number of carbonyl (C=O) groups excluding carboxylic acids is 1. The molecule has 1 amide bonds. The lowest BCUT2D eigenvalue weighted by Gasteiger charge is -2.13. The predicted molar refractivity (Wildman–Crippen MR) is 107 cm³/mol. The van der Waals surface area contributed by atoms with Gasteiger partial charge in [-0.15, -0.1) is 0 Å². The number of benzene rings is 1. The second-order valence-electron chi connectivity index (χ2n) is 7.32. The Morgan fingerprint density at radius 1 is 1.18 bits per heavy atom. The first-order valence-electron chi connectivity index (χ1n) is 9.16. The summed E-state index contributed by atoms with van der Waals surface area (Å²) < 4.78 is 6.61. The lowest BCUT2D eigenvalue weighted by molar-refractivity contribution is -0.116. The third-order valence-electron chi connectivity index (χ3n) is 4.44. The molecule has 0 spiro atoms. The van der Waals surface area contributed by atoms with Crippen molar-refractivity contribution < 1.29 is 9.32 Å². The van der Waals surface area contributed by atoms with Crippen molar-refractivity contribution in [3.8, 4) is 11.5 Å². The van der Waals surface area contributed by atoms with Crippen LogP contribution >= 0.6 is 0 Å². The maximum atomic E-state index is 12.5. The van der Waals surface area contributed by atoms with Crippen molar-refractivity contribution in [3.05, 3.63) is 63.3 Å². The SMILES string of the molecule is Cc1cc(C)c(NC(=O)Cn2cc(-c3nc(C(C)C)no3)ccc2=O)c(C)c1. The summed E-state index contributed by atoms with van der Waals surface area (Å²) in [4.78, 5) is 29.1. The fourth-order valence-corrected chi connectivity index (χ4v) is 3.08. The van der Waals surface area contributed by atoms with Crippen LogP contribution in [-0.2, 0) is 11.3 Å². The summed E-state index contributed by atoms with van der Waals surface area (Å²) in [6, 6.07) is 7.03. The number of anilines is 1. The van der Waals surface area contributed by atoms with E-state index in [4.69, 9.17) is 4.52 Å². The molecule has 7 nitrogen and oxygen atoms in total. The molecule has 0 unspecified atom stereocenters. The summed E-state index contributed by atoms with van der Waals surface area (Å²) in [5, 5.41) is 6.84. The standard InChI is InChI=1S/C21H24N4O3/c1-12(2)20-23-21(28-24-20)16-6-7-18(27)25(10-16)11-17(26)22-19-14(4)8-13(3)9-15(19)5/h6-10,12H,11H2,1-5H3,(H,22,26). The Kier molecular flexibility index (Phi) is 5.44. The van der Waals surface area contributed by atoms with Gasteiger partial charge in [0.15, 0.2) is 5.82 Å². The van der Waals surface area contributed by atoms with Gasteiger partial charge in [-0.05, 0) is 38.0 Å². The normalized spacial score (nSPS) is 11.1. The number of hydrogen-bond donors (Lipinski definition) is 1. The van der Waals surface area contributed by atoms with Gasteiger partial charge in [-0.1, -0.05) is 36.7 Å². The van der Waals surface area contributed by atoms with Gasteiger partial charge in [0.25, 0.3) is 11.4 Å². The highest BCUT2D eigenvalue weighted by molar-refractivity contribution is 5.92. The van der Waals surface area contributed by atoms with Gasteiger partial charge >= 0.3 is 0 Å². The summed E-state index contributed by atoms with van der Waals surface area (Å²) in [5.41, 5.74) is 4.20. The first-order chi connectivity index (χ1) is 13.2. The molecule has 0 aliphatic carbocycles. The molecular weight excluding hydrogens is 356 g/mol. The smallest absolute Gasteiger partial charge is 0.259 e. The average molecular weight is 380 g/mol. The van der Waals surface area contributed by atoms with Gasteiger partial charge in [-0.25, -0.2) is 0 Å². The van der Waals surface area contributed by atoms with Gasteiger partial charge in [0, 0.05) is 23.9 Å². The minimum atomic E-state index is -0.278. The lowest BCUT2D eigenvalue weighted by Crippen LogP contribution is -2.27. The average Bonchev–Trinajstić information content (AvgIpc) is 3.10. The van der Waals surface area contributed by atoms with Crippen molar-refractivity contribution >= 4 is 11.6 Å². The molecule has 2 heterocycles. The van der Waals surface area contributed by atoms with Crippen LogP contribution in [-0.4, -0.2) is 20.6 Å². The zero-order valence-electron chi connectivity index (χ0n) is 16.7. The van der Waals surface area contributed by atoms with E-state index in [0.717, 1.165) is 22.4 Å². The van der Waals surface area contributed by atoms with Gasteiger partial charge in [-0.3, -0.25) is 9.59 Å². The van der Waals surface area contributed by atoms with Crippen LogP contribution in [0.4, 0.5) is 5.69 Å². The quantitative estimate of drug-likeness (QED) is 0.731. The summed E-state index contributed by atoms with van der Waals surface area (Å²) in [6.45, 7) is 9.74. The number of nitrogens with zero attached hydrogens (tertiary/aromatic N) is 3. The van der Waals surface area contributed by atoms with Crippen molar-refractivity contribution in [2.45, 2.75) is 47.1 Å². The van der Waals surface area contributed by atoms with Crippen LogP contribution in [0.5, 0.6) is 0 Å². The van der Waals surface area contributed by atoms with Crippen molar-refractivity contribution in [3.63, 3.8) is 0 Å². The monoisotopic (exact) mass is 380 g/mol. The predicted octanol–water partition coefficient (Wildman–Crippen LogP) is 3.59. The van der Waals surface area contributed by atoms with E-state index in [-0.39, 0.29) is 23.9 Å². The summed E-state index contributed by atoms with van der Waals surface area (Å²) in [7, 11) is 0. The highest BCUT2D eigenvalue weighted by Gasteiger charge is 2.14. The Balaban J connectivity index is 1.82. The Bertz CT molecular complexity index is 1060. The first kappa shape index (κ1) is 19.5. The van der Waals surface area contributed by atoms with E-state index in [1.165, 1.54) is 10.6 Å². The maximum absolute atomic E-state index is 12.5. The molecule has 0 aliphatic heterocycles. The second kappa shape index (κ2) is 7.80. The molecule has 0 atom stereocenters. The Morgan fingerprint density at radius 3 is 2.46 bits per heavy atom. The first-order valence-corrected chi connectivity index (χ1v) is 9.16. The zero-order chi connectivity index (χ0) is 20.4. The van der Waals surface area contributed by atoms with Crippen LogP contribution in [0.1, 0.15) is 42.3 Å². The highest BCUT2D eigenvalue weighted by Crippen LogP contribution is 2.22. The van der Waals surface area contributed by atoms with E-state index >= 15 is 0 Å². The van der Waals surface area contributed by atoms with E-state index in [0.29, 0.717) is 17.3 Å². The fourth-order valence-electron chi connectivity index (χ4n) is 3.08. The Hall–Kier alpha value is -3.22. The highest BCUT2D eigenvalue weighted by atomic mass is 16.5. The maximum Gasteiger partial charge on any atom is 0.259 e. The molecular formula is C21H24N4O3. The van der Waals surface area contributed by atoms with Crippen molar-refractivity contribution in [2.24, 2.45) is 0 Å². The molecule has 0 bridgehead atoms. The molecule has 3 rings (SSSR count). The zero-order valence-corrected chi connectivity index (χ0v) is 16.7. The van der Waals surface area contributed by atoms with Crippen LogP contribution in [0.25, 0.3) is 11.5 Å².